The lowest BCUT2D eigenvalue weighted by atomic mass is 10.0. The largest absolute Gasteiger partial charge is 0.497 e. The first kappa shape index (κ1) is 19.5. The Morgan fingerprint density at radius 1 is 0.733 bits per heavy atom. The SMILES string of the molecule is COc1ccc(-c2noc(-c3ccc(OC)cc3)c2/C=C/c2ccc(F)cc2)cc1. The molecule has 0 aliphatic rings. The summed E-state index contributed by atoms with van der Waals surface area (Å²) >= 11 is 0. The van der Waals surface area contributed by atoms with Gasteiger partial charge in [0.15, 0.2) is 5.76 Å². The molecule has 0 N–H and O–H groups in total. The van der Waals surface area contributed by atoms with Gasteiger partial charge in [-0.15, -0.1) is 0 Å². The molecule has 0 radical (unpaired) electrons. The Hall–Kier alpha value is -3.86. The van der Waals surface area contributed by atoms with Gasteiger partial charge in [-0.25, -0.2) is 4.39 Å². The van der Waals surface area contributed by atoms with Crippen LogP contribution in [0.15, 0.2) is 77.3 Å². The van der Waals surface area contributed by atoms with Crippen LogP contribution in [0.2, 0.25) is 0 Å². The highest BCUT2D eigenvalue weighted by Gasteiger charge is 2.17. The smallest absolute Gasteiger partial charge is 0.174 e. The van der Waals surface area contributed by atoms with Gasteiger partial charge in [-0.3, -0.25) is 0 Å². The summed E-state index contributed by atoms with van der Waals surface area (Å²) in [6.45, 7) is 0. The van der Waals surface area contributed by atoms with Crippen LogP contribution in [0.4, 0.5) is 4.39 Å². The van der Waals surface area contributed by atoms with E-state index in [0.29, 0.717) is 11.5 Å². The number of nitrogens with zero attached hydrogens (tertiary/aromatic N) is 1. The molecule has 1 heterocycles. The second-order valence-corrected chi connectivity index (χ2v) is 6.62. The van der Waals surface area contributed by atoms with Crippen LogP contribution >= 0.6 is 0 Å². The molecular weight excluding hydrogens is 381 g/mol. The minimum absolute atomic E-state index is 0.269. The normalized spacial score (nSPS) is 11.0. The van der Waals surface area contributed by atoms with Crippen molar-refractivity contribution in [2.24, 2.45) is 0 Å². The Balaban J connectivity index is 1.79. The van der Waals surface area contributed by atoms with Crippen molar-refractivity contribution >= 4 is 12.2 Å². The van der Waals surface area contributed by atoms with Crippen LogP contribution in [-0.4, -0.2) is 19.4 Å². The van der Waals surface area contributed by atoms with Crippen LogP contribution in [0.5, 0.6) is 11.5 Å². The number of hydrogen-bond acceptors (Lipinski definition) is 4. The number of aromatic nitrogens is 1. The molecule has 0 saturated carbocycles. The topological polar surface area (TPSA) is 44.5 Å². The van der Waals surface area contributed by atoms with E-state index in [4.69, 9.17) is 14.0 Å². The lowest BCUT2D eigenvalue weighted by molar-refractivity contribution is 0.414. The van der Waals surface area contributed by atoms with Gasteiger partial charge in [0.05, 0.1) is 19.8 Å². The van der Waals surface area contributed by atoms with E-state index >= 15 is 0 Å². The van der Waals surface area contributed by atoms with Gasteiger partial charge in [0.1, 0.15) is 23.0 Å². The summed E-state index contributed by atoms with van der Waals surface area (Å²) in [7, 11) is 3.26. The van der Waals surface area contributed by atoms with Crippen molar-refractivity contribution in [1.82, 2.24) is 5.16 Å². The maximum Gasteiger partial charge on any atom is 0.174 e. The van der Waals surface area contributed by atoms with Gasteiger partial charge in [0, 0.05) is 11.1 Å². The second-order valence-electron chi connectivity index (χ2n) is 6.62. The van der Waals surface area contributed by atoms with Crippen LogP contribution in [-0.2, 0) is 0 Å². The quantitative estimate of drug-likeness (QED) is 0.378. The Kier molecular flexibility index (Phi) is 5.61. The van der Waals surface area contributed by atoms with Gasteiger partial charge >= 0.3 is 0 Å². The average molecular weight is 401 g/mol. The Morgan fingerprint density at radius 3 is 1.87 bits per heavy atom. The number of halogens is 1. The van der Waals surface area contributed by atoms with Crippen LogP contribution in [0.25, 0.3) is 34.7 Å². The third-order valence-electron chi connectivity index (χ3n) is 4.76. The van der Waals surface area contributed by atoms with Gasteiger partial charge in [-0.2, -0.15) is 0 Å². The summed E-state index contributed by atoms with van der Waals surface area (Å²) in [6.07, 6.45) is 3.84. The van der Waals surface area contributed by atoms with Crippen molar-refractivity contribution in [3.8, 4) is 34.1 Å². The molecule has 0 saturated heterocycles. The minimum atomic E-state index is -0.269. The number of rotatable bonds is 6. The molecule has 1 aromatic heterocycles. The molecule has 4 nitrogen and oxygen atoms in total. The standard InChI is InChI=1S/C25H20FNO3/c1-28-21-12-6-18(7-13-21)24-23(16-5-17-3-10-20(26)11-4-17)25(30-27-24)19-8-14-22(29-2)15-9-19/h3-16H,1-2H3/b16-5+. The van der Waals surface area contributed by atoms with E-state index < -0.39 is 0 Å². The highest BCUT2D eigenvalue weighted by atomic mass is 19.1. The van der Waals surface area contributed by atoms with Crippen molar-refractivity contribution in [1.29, 1.82) is 0 Å². The van der Waals surface area contributed by atoms with Gasteiger partial charge in [-0.05, 0) is 72.3 Å². The molecule has 3 aromatic carbocycles. The van der Waals surface area contributed by atoms with Crippen molar-refractivity contribution < 1.29 is 18.4 Å². The molecule has 150 valence electrons. The predicted molar refractivity (Wildman–Crippen MR) is 116 cm³/mol. The molecule has 0 unspecified atom stereocenters. The molecule has 4 aromatic rings. The van der Waals surface area contributed by atoms with Crippen LogP contribution < -0.4 is 9.47 Å². The zero-order valence-electron chi connectivity index (χ0n) is 16.6. The fourth-order valence-electron chi connectivity index (χ4n) is 3.11. The first-order chi connectivity index (χ1) is 14.7. The van der Waals surface area contributed by atoms with E-state index in [1.807, 2.05) is 60.7 Å². The summed E-state index contributed by atoms with van der Waals surface area (Å²) in [5.74, 6) is 1.90. The fourth-order valence-corrected chi connectivity index (χ4v) is 3.11. The maximum absolute atomic E-state index is 13.2. The number of benzene rings is 3. The van der Waals surface area contributed by atoms with E-state index in [9.17, 15) is 4.39 Å². The molecule has 0 bridgehead atoms. The number of methoxy groups -OCH3 is 2. The van der Waals surface area contributed by atoms with Crippen molar-refractivity contribution in [2.45, 2.75) is 0 Å². The molecule has 0 spiro atoms. The highest BCUT2D eigenvalue weighted by Crippen LogP contribution is 2.35. The van der Waals surface area contributed by atoms with Crippen LogP contribution in [0, 0.1) is 5.82 Å². The van der Waals surface area contributed by atoms with E-state index in [-0.39, 0.29) is 5.82 Å². The van der Waals surface area contributed by atoms with Crippen LogP contribution in [0.3, 0.4) is 0 Å². The Bertz CT molecular complexity index is 1080. The van der Waals surface area contributed by atoms with E-state index in [2.05, 4.69) is 5.16 Å². The summed E-state index contributed by atoms with van der Waals surface area (Å²) in [5.41, 5.74) is 4.19. The highest BCUT2D eigenvalue weighted by molar-refractivity contribution is 5.86. The van der Waals surface area contributed by atoms with Gasteiger partial charge in [-0.1, -0.05) is 23.4 Å². The second kappa shape index (κ2) is 8.66. The third-order valence-corrected chi connectivity index (χ3v) is 4.76. The molecule has 30 heavy (non-hydrogen) atoms. The predicted octanol–water partition coefficient (Wildman–Crippen LogP) is 6.34. The fraction of sp³-hybridized carbons (Fsp3) is 0.0800. The lowest BCUT2D eigenvalue weighted by Crippen LogP contribution is -1.86. The molecule has 0 fully saturated rings. The molecule has 0 amide bonds. The summed E-state index contributed by atoms with van der Waals surface area (Å²) in [5, 5.41) is 4.33. The van der Waals surface area contributed by atoms with Crippen molar-refractivity contribution in [3.05, 3.63) is 89.7 Å². The molecule has 0 atom stereocenters. The zero-order valence-corrected chi connectivity index (χ0v) is 16.6. The molecular formula is C25H20FNO3. The van der Waals surface area contributed by atoms with Gasteiger partial charge < -0.3 is 14.0 Å². The van der Waals surface area contributed by atoms with Gasteiger partial charge in [0.25, 0.3) is 0 Å². The maximum atomic E-state index is 13.2. The summed E-state index contributed by atoms with van der Waals surface area (Å²) in [6, 6.07) is 21.5. The summed E-state index contributed by atoms with van der Waals surface area (Å²) in [4.78, 5) is 0. The number of ether oxygens (including phenoxy) is 2. The first-order valence-corrected chi connectivity index (χ1v) is 9.40. The molecule has 0 aliphatic heterocycles. The van der Waals surface area contributed by atoms with E-state index in [1.165, 1.54) is 12.1 Å². The third kappa shape index (κ3) is 4.10. The minimum Gasteiger partial charge on any atom is -0.497 e. The van der Waals surface area contributed by atoms with Crippen molar-refractivity contribution in [2.75, 3.05) is 14.2 Å². The Labute approximate surface area is 174 Å². The van der Waals surface area contributed by atoms with Gasteiger partial charge in [0.2, 0.25) is 0 Å². The molecule has 0 aliphatic carbocycles. The lowest BCUT2D eigenvalue weighted by Gasteiger charge is -2.04. The first-order valence-electron chi connectivity index (χ1n) is 9.40. The average Bonchev–Trinajstić information content (AvgIpc) is 3.22. The summed E-state index contributed by atoms with van der Waals surface area (Å²) < 4.78 is 29.5. The monoisotopic (exact) mass is 401 g/mol. The van der Waals surface area contributed by atoms with E-state index in [1.54, 1.807) is 26.4 Å². The molecule has 5 heteroatoms. The van der Waals surface area contributed by atoms with E-state index in [0.717, 1.165) is 33.8 Å². The number of hydrogen-bond donors (Lipinski definition) is 0. The zero-order chi connectivity index (χ0) is 20.9. The van der Waals surface area contributed by atoms with Crippen LogP contribution in [0.1, 0.15) is 11.1 Å². The Morgan fingerprint density at radius 2 is 1.30 bits per heavy atom. The van der Waals surface area contributed by atoms with Crippen molar-refractivity contribution in [3.63, 3.8) is 0 Å². The molecule has 4 rings (SSSR count).